The minimum absolute atomic E-state index is 0.177. The van der Waals surface area contributed by atoms with Gasteiger partial charge in [-0.1, -0.05) is 29.8 Å². The van der Waals surface area contributed by atoms with E-state index in [0.29, 0.717) is 29.3 Å². The number of hydrogen-bond donors (Lipinski definition) is 0. The second kappa shape index (κ2) is 7.39. The van der Waals surface area contributed by atoms with Gasteiger partial charge in [-0.3, -0.25) is 0 Å². The van der Waals surface area contributed by atoms with Crippen molar-refractivity contribution in [3.63, 3.8) is 0 Å². The largest absolute Gasteiger partial charge is 0.497 e. The number of hydrogen-bond acceptors (Lipinski definition) is 4. The average molecular weight is 375 g/mol. The monoisotopic (exact) mass is 375 g/mol. The summed E-state index contributed by atoms with van der Waals surface area (Å²) in [5, 5.41) is 0. The van der Waals surface area contributed by atoms with Crippen molar-refractivity contribution in [2.45, 2.75) is 37.9 Å². The third-order valence-electron chi connectivity index (χ3n) is 4.68. The molecule has 1 aliphatic heterocycles. The Morgan fingerprint density at radius 3 is 2.38 bits per heavy atom. The van der Waals surface area contributed by atoms with E-state index in [1.54, 1.807) is 32.2 Å². The van der Waals surface area contributed by atoms with Gasteiger partial charge in [-0.05, 0) is 50.1 Å². The first-order valence-electron chi connectivity index (χ1n) is 8.68. The van der Waals surface area contributed by atoms with Crippen LogP contribution in [0.2, 0.25) is 0 Å². The van der Waals surface area contributed by atoms with Crippen LogP contribution in [0.4, 0.5) is 0 Å². The zero-order valence-electron chi connectivity index (χ0n) is 15.6. The summed E-state index contributed by atoms with van der Waals surface area (Å²) in [6.07, 6.45) is -0.448. The molecule has 0 aliphatic carbocycles. The Hall–Kier alpha value is -1.89. The number of benzene rings is 2. The highest BCUT2D eigenvalue weighted by atomic mass is 32.2. The molecule has 0 amide bonds. The van der Waals surface area contributed by atoms with Gasteiger partial charge < -0.3 is 9.47 Å². The van der Waals surface area contributed by atoms with E-state index < -0.39 is 10.0 Å². The Balaban J connectivity index is 1.90. The molecular formula is C20H25NO4S. The van der Waals surface area contributed by atoms with E-state index in [1.165, 1.54) is 4.31 Å². The molecule has 0 radical (unpaired) electrons. The normalized spacial score (nSPS) is 21.5. The minimum Gasteiger partial charge on any atom is -0.497 e. The van der Waals surface area contributed by atoms with E-state index in [2.05, 4.69) is 0 Å². The fraction of sp³-hybridized carbons (Fsp3) is 0.400. The van der Waals surface area contributed by atoms with E-state index in [1.807, 2.05) is 38.1 Å². The minimum atomic E-state index is -3.60. The van der Waals surface area contributed by atoms with Crippen molar-refractivity contribution in [1.29, 1.82) is 0 Å². The quantitative estimate of drug-likeness (QED) is 0.821. The molecule has 6 heteroatoms. The molecule has 0 bridgehead atoms. The van der Waals surface area contributed by atoms with Crippen LogP contribution < -0.4 is 4.74 Å². The molecule has 1 heterocycles. The van der Waals surface area contributed by atoms with Crippen molar-refractivity contribution in [3.8, 4) is 5.75 Å². The number of morpholine rings is 1. The molecular weight excluding hydrogens is 350 g/mol. The molecule has 140 valence electrons. The molecule has 2 unspecified atom stereocenters. The molecule has 0 saturated carbocycles. The highest BCUT2D eigenvalue weighted by Crippen LogP contribution is 2.31. The number of nitrogens with zero attached hydrogens (tertiary/aromatic N) is 1. The van der Waals surface area contributed by atoms with Crippen molar-refractivity contribution in [1.82, 2.24) is 4.31 Å². The average Bonchev–Trinajstić information content (AvgIpc) is 2.61. The summed E-state index contributed by atoms with van der Waals surface area (Å²) in [7, 11) is -2.03. The number of aryl methyl sites for hydroxylation is 2. The zero-order chi connectivity index (χ0) is 18.9. The van der Waals surface area contributed by atoms with E-state index in [-0.39, 0.29) is 12.2 Å². The molecule has 0 aromatic heterocycles. The molecule has 2 aromatic rings. The summed E-state index contributed by atoms with van der Waals surface area (Å²) in [6.45, 7) is 6.37. The van der Waals surface area contributed by atoms with Crippen LogP contribution in [-0.4, -0.2) is 39.0 Å². The molecule has 3 rings (SSSR count). The summed E-state index contributed by atoms with van der Waals surface area (Å²) < 4.78 is 39.2. The van der Waals surface area contributed by atoms with Crippen LogP contribution in [0.1, 0.15) is 29.7 Å². The molecule has 0 spiro atoms. The van der Waals surface area contributed by atoms with Gasteiger partial charge in [0.2, 0.25) is 10.0 Å². The van der Waals surface area contributed by atoms with Gasteiger partial charge in [-0.2, -0.15) is 4.31 Å². The Kier molecular flexibility index (Phi) is 5.37. The van der Waals surface area contributed by atoms with Crippen LogP contribution in [-0.2, 0) is 14.8 Å². The number of methoxy groups -OCH3 is 1. The maximum atomic E-state index is 13.2. The van der Waals surface area contributed by atoms with Gasteiger partial charge in [0.1, 0.15) is 5.75 Å². The van der Waals surface area contributed by atoms with E-state index in [9.17, 15) is 8.42 Å². The first-order valence-corrected chi connectivity index (χ1v) is 10.1. The standard InChI is InChI=1S/C20H25NO4S/c1-14-5-7-17(8-6-14)19-13-21(12-16(3)25-19)26(22,23)20-10-9-18(24-4)11-15(20)2/h5-11,16,19H,12-13H2,1-4H3. The molecule has 2 aromatic carbocycles. The van der Waals surface area contributed by atoms with Crippen LogP contribution in [0.5, 0.6) is 5.75 Å². The van der Waals surface area contributed by atoms with Gasteiger partial charge in [0.05, 0.1) is 24.2 Å². The third-order valence-corrected chi connectivity index (χ3v) is 6.67. The predicted molar refractivity (Wildman–Crippen MR) is 101 cm³/mol. The van der Waals surface area contributed by atoms with E-state index in [0.717, 1.165) is 11.1 Å². The molecule has 1 aliphatic rings. The van der Waals surface area contributed by atoms with Gasteiger partial charge in [0, 0.05) is 13.1 Å². The van der Waals surface area contributed by atoms with Crippen LogP contribution in [0.25, 0.3) is 0 Å². The first kappa shape index (κ1) is 18.9. The summed E-state index contributed by atoms with van der Waals surface area (Å²) >= 11 is 0. The van der Waals surface area contributed by atoms with E-state index >= 15 is 0 Å². The van der Waals surface area contributed by atoms with Crippen LogP contribution in [0.15, 0.2) is 47.4 Å². The predicted octanol–water partition coefficient (Wildman–Crippen LogP) is 3.46. The summed E-state index contributed by atoms with van der Waals surface area (Å²) in [6, 6.07) is 13.1. The van der Waals surface area contributed by atoms with Crippen LogP contribution in [0, 0.1) is 13.8 Å². The molecule has 1 fully saturated rings. The van der Waals surface area contributed by atoms with Crippen molar-refractivity contribution >= 4 is 10.0 Å². The summed E-state index contributed by atoms with van der Waals surface area (Å²) in [5.41, 5.74) is 2.83. The molecule has 1 saturated heterocycles. The molecule has 26 heavy (non-hydrogen) atoms. The third kappa shape index (κ3) is 3.77. The van der Waals surface area contributed by atoms with Gasteiger partial charge in [-0.25, -0.2) is 8.42 Å². The summed E-state index contributed by atoms with van der Waals surface area (Å²) in [4.78, 5) is 0.315. The Bertz CT molecular complexity index is 877. The zero-order valence-corrected chi connectivity index (χ0v) is 16.4. The maximum absolute atomic E-state index is 13.2. The van der Waals surface area contributed by atoms with Gasteiger partial charge in [0.15, 0.2) is 0 Å². The second-order valence-corrected chi connectivity index (χ2v) is 8.71. The molecule has 5 nitrogen and oxygen atoms in total. The van der Waals surface area contributed by atoms with Crippen molar-refractivity contribution in [3.05, 3.63) is 59.2 Å². The second-order valence-electron chi connectivity index (χ2n) is 6.80. The fourth-order valence-electron chi connectivity index (χ4n) is 3.25. The van der Waals surface area contributed by atoms with Gasteiger partial charge in [-0.15, -0.1) is 0 Å². The first-order chi connectivity index (χ1) is 12.3. The Labute approximate surface area is 155 Å². The lowest BCUT2D eigenvalue weighted by Gasteiger charge is -2.36. The Morgan fingerprint density at radius 1 is 1.08 bits per heavy atom. The number of sulfonamides is 1. The van der Waals surface area contributed by atoms with Crippen molar-refractivity contribution in [2.24, 2.45) is 0 Å². The molecule has 0 N–H and O–H groups in total. The number of ether oxygens (including phenoxy) is 2. The highest BCUT2D eigenvalue weighted by Gasteiger charge is 2.35. The lowest BCUT2D eigenvalue weighted by Crippen LogP contribution is -2.46. The van der Waals surface area contributed by atoms with Crippen molar-refractivity contribution < 1.29 is 17.9 Å². The topological polar surface area (TPSA) is 55.8 Å². The lowest BCUT2D eigenvalue weighted by molar-refractivity contribution is -0.0557. The van der Waals surface area contributed by atoms with Gasteiger partial charge >= 0.3 is 0 Å². The smallest absolute Gasteiger partial charge is 0.243 e. The fourth-order valence-corrected chi connectivity index (χ4v) is 4.97. The maximum Gasteiger partial charge on any atom is 0.243 e. The number of rotatable bonds is 4. The van der Waals surface area contributed by atoms with Crippen LogP contribution in [0.3, 0.4) is 0 Å². The van der Waals surface area contributed by atoms with Crippen molar-refractivity contribution in [2.75, 3.05) is 20.2 Å². The summed E-state index contributed by atoms with van der Waals surface area (Å²) in [5.74, 6) is 0.648. The SMILES string of the molecule is COc1ccc(S(=O)(=O)N2CC(C)OC(c3ccc(C)cc3)C2)c(C)c1. The lowest BCUT2D eigenvalue weighted by atomic mass is 10.1. The highest BCUT2D eigenvalue weighted by molar-refractivity contribution is 7.89. The van der Waals surface area contributed by atoms with Gasteiger partial charge in [0.25, 0.3) is 0 Å². The molecule has 2 atom stereocenters. The van der Waals surface area contributed by atoms with E-state index in [4.69, 9.17) is 9.47 Å². The van der Waals surface area contributed by atoms with Crippen LogP contribution >= 0.6 is 0 Å². The Morgan fingerprint density at radius 2 is 1.77 bits per heavy atom.